The molecule has 0 saturated carbocycles. The Morgan fingerprint density at radius 1 is 1.35 bits per heavy atom. The number of carboxylic acid groups (broad SMARTS) is 1. The fraction of sp³-hybridized carbons (Fsp3) is 0.533. The molecule has 1 heterocycles. The fourth-order valence-corrected chi connectivity index (χ4v) is 2.66. The summed E-state index contributed by atoms with van der Waals surface area (Å²) < 4.78 is 0. The maximum atomic E-state index is 11.0. The van der Waals surface area contributed by atoms with E-state index in [0.717, 1.165) is 43.3 Å². The number of carboxylic acids is 1. The number of aliphatic carboxylic acids is 1. The van der Waals surface area contributed by atoms with Crippen molar-refractivity contribution in [1.82, 2.24) is 9.80 Å². The minimum absolute atomic E-state index is 0.397. The normalized spacial score (nSPS) is 18.9. The maximum absolute atomic E-state index is 11.0. The molecule has 1 aromatic rings. The Labute approximate surface area is 124 Å². The highest BCUT2D eigenvalue weighted by Crippen LogP contribution is 2.18. The zero-order valence-corrected chi connectivity index (χ0v) is 12.7. The number of nitrogens with zero attached hydrogens (tertiary/aromatic N) is 2. The topological polar surface area (TPSA) is 43.8 Å². The SMILES string of the molecule is Cc1ccc(CN2CCN(C(C)C(=O)O)CC2)cc1Cl. The predicted octanol–water partition coefficient (Wildman–Crippen LogP) is 2.24. The molecule has 0 spiro atoms. The van der Waals surface area contributed by atoms with Gasteiger partial charge in [0.25, 0.3) is 0 Å². The van der Waals surface area contributed by atoms with Gasteiger partial charge in [-0.15, -0.1) is 0 Å². The Kier molecular flexibility index (Phi) is 5.02. The van der Waals surface area contributed by atoms with Gasteiger partial charge in [-0.3, -0.25) is 14.6 Å². The average Bonchev–Trinajstić information content (AvgIpc) is 2.43. The molecule has 0 amide bonds. The van der Waals surface area contributed by atoms with Gasteiger partial charge in [0.15, 0.2) is 0 Å². The van der Waals surface area contributed by atoms with Crippen molar-refractivity contribution in [1.29, 1.82) is 0 Å². The second-order valence-electron chi connectivity index (χ2n) is 5.41. The summed E-state index contributed by atoms with van der Waals surface area (Å²) in [5.74, 6) is -0.747. The van der Waals surface area contributed by atoms with Crippen LogP contribution in [0, 0.1) is 6.92 Å². The molecule has 1 fully saturated rings. The van der Waals surface area contributed by atoms with Crippen LogP contribution in [0.15, 0.2) is 18.2 Å². The Balaban J connectivity index is 1.88. The molecular formula is C15H21ClN2O2. The summed E-state index contributed by atoms with van der Waals surface area (Å²) in [5, 5.41) is 9.83. The largest absolute Gasteiger partial charge is 0.480 e. The van der Waals surface area contributed by atoms with Gasteiger partial charge in [0, 0.05) is 37.7 Å². The lowest BCUT2D eigenvalue weighted by atomic mass is 10.1. The highest BCUT2D eigenvalue weighted by Gasteiger charge is 2.24. The first-order chi connectivity index (χ1) is 9.47. The van der Waals surface area contributed by atoms with Crippen molar-refractivity contribution >= 4 is 17.6 Å². The van der Waals surface area contributed by atoms with Crippen molar-refractivity contribution in [3.05, 3.63) is 34.3 Å². The zero-order chi connectivity index (χ0) is 14.7. The smallest absolute Gasteiger partial charge is 0.320 e. The summed E-state index contributed by atoms with van der Waals surface area (Å²) in [5.41, 5.74) is 2.30. The lowest BCUT2D eigenvalue weighted by Crippen LogP contribution is -2.51. The highest BCUT2D eigenvalue weighted by molar-refractivity contribution is 6.31. The van der Waals surface area contributed by atoms with Gasteiger partial charge in [-0.1, -0.05) is 23.7 Å². The van der Waals surface area contributed by atoms with Crippen LogP contribution >= 0.6 is 11.6 Å². The van der Waals surface area contributed by atoms with Gasteiger partial charge < -0.3 is 5.11 Å². The van der Waals surface area contributed by atoms with Gasteiger partial charge >= 0.3 is 5.97 Å². The third kappa shape index (κ3) is 3.72. The van der Waals surface area contributed by atoms with Crippen LogP contribution in [-0.4, -0.2) is 53.1 Å². The van der Waals surface area contributed by atoms with Gasteiger partial charge in [-0.25, -0.2) is 0 Å². The first kappa shape index (κ1) is 15.3. The number of hydrogen-bond donors (Lipinski definition) is 1. The number of carbonyl (C=O) groups is 1. The lowest BCUT2D eigenvalue weighted by Gasteiger charge is -2.36. The van der Waals surface area contributed by atoms with Crippen molar-refractivity contribution in [2.75, 3.05) is 26.2 Å². The van der Waals surface area contributed by atoms with E-state index in [-0.39, 0.29) is 0 Å². The minimum atomic E-state index is -0.747. The van der Waals surface area contributed by atoms with Crippen LogP contribution in [0.4, 0.5) is 0 Å². The molecule has 1 aliphatic heterocycles. The number of halogens is 1. The molecule has 2 rings (SSSR count). The van der Waals surface area contributed by atoms with Crippen molar-refractivity contribution in [3.63, 3.8) is 0 Å². The molecule has 20 heavy (non-hydrogen) atoms. The van der Waals surface area contributed by atoms with Crippen molar-refractivity contribution < 1.29 is 9.90 Å². The maximum Gasteiger partial charge on any atom is 0.320 e. The third-order valence-electron chi connectivity index (χ3n) is 3.95. The average molecular weight is 297 g/mol. The Hall–Kier alpha value is -1.10. The van der Waals surface area contributed by atoms with E-state index >= 15 is 0 Å². The molecule has 0 radical (unpaired) electrons. The molecule has 1 saturated heterocycles. The number of rotatable bonds is 4. The van der Waals surface area contributed by atoms with Crippen LogP contribution in [0.3, 0.4) is 0 Å². The Morgan fingerprint density at radius 2 is 2.00 bits per heavy atom. The molecule has 0 bridgehead atoms. The van der Waals surface area contributed by atoms with E-state index < -0.39 is 12.0 Å². The molecule has 5 heteroatoms. The van der Waals surface area contributed by atoms with E-state index in [1.54, 1.807) is 6.92 Å². The molecule has 110 valence electrons. The predicted molar refractivity (Wildman–Crippen MR) is 80.1 cm³/mol. The van der Waals surface area contributed by atoms with Crippen LogP contribution in [0.1, 0.15) is 18.1 Å². The molecule has 4 nitrogen and oxygen atoms in total. The van der Waals surface area contributed by atoms with E-state index in [0.29, 0.717) is 0 Å². The third-order valence-corrected chi connectivity index (χ3v) is 4.36. The standard InChI is InChI=1S/C15H21ClN2O2/c1-11-3-4-13(9-14(11)16)10-17-5-7-18(8-6-17)12(2)15(19)20/h3-4,9,12H,5-8,10H2,1-2H3,(H,19,20). The van der Waals surface area contributed by atoms with Gasteiger partial charge in [-0.05, 0) is 31.0 Å². The monoisotopic (exact) mass is 296 g/mol. The summed E-state index contributed by atoms with van der Waals surface area (Å²) >= 11 is 6.14. The quantitative estimate of drug-likeness (QED) is 0.925. The van der Waals surface area contributed by atoms with Crippen LogP contribution < -0.4 is 0 Å². The van der Waals surface area contributed by atoms with E-state index in [9.17, 15) is 4.79 Å². The summed E-state index contributed by atoms with van der Waals surface area (Å²) in [7, 11) is 0. The Bertz CT molecular complexity index is 485. The lowest BCUT2D eigenvalue weighted by molar-refractivity contribution is -0.143. The van der Waals surface area contributed by atoms with E-state index in [1.165, 1.54) is 5.56 Å². The Morgan fingerprint density at radius 3 is 2.55 bits per heavy atom. The first-order valence-electron chi connectivity index (χ1n) is 6.91. The molecule has 0 aliphatic carbocycles. The number of aryl methyl sites for hydroxylation is 1. The number of hydrogen-bond acceptors (Lipinski definition) is 3. The summed E-state index contributed by atoms with van der Waals surface area (Å²) in [4.78, 5) is 15.3. The summed E-state index contributed by atoms with van der Waals surface area (Å²) in [6.07, 6.45) is 0. The van der Waals surface area contributed by atoms with Crippen LogP contribution in [0.25, 0.3) is 0 Å². The molecule has 1 N–H and O–H groups in total. The van der Waals surface area contributed by atoms with Gasteiger partial charge in [-0.2, -0.15) is 0 Å². The summed E-state index contributed by atoms with van der Waals surface area (Å²) in [6, 6.07) is 5.77. The van der Waals surface area contributed by atoms with Gasteiger partial charge in [0.1, 0.15) is 6.04 Å². The second kappa shape index (κ2) is 6.57. The summed E-state index contributed by atoms with van der Waals surface area (Å²) in [6.45, 7) is 8.00. The number of piperazine rings is 1. The molecule has 1 unspecified atom stereocenters. The van der Waals surface area contributed by atoms with Crippen molar-refractivity contribution in [3.8, 4) is 0 Å². The van der Waals surface area contributed by atoms with Gasteiger partial charge in [0.05, 0.1) is 0 Å². The zero-order valence-electron chi connectivity index (χ0n) is 12.0. The first-order valence-corrected chi connectivity index (χ1v) is 7.29. The van der Waals surface area contributed by atoms with E-state index in [2.05, 4.69) is 11.0 Å². The van der Waals surface area contributed by atoms with E-state index in [4.69, 9.17) is 16.7 Å². The second-order valence-corrected chi connectivity index (χ2v) is 5.82. The molecule has 1 atom stereocenters. The van der Waals surface area contributed by atoms with Crippen LogP contribution in [0.2, 0.25) is 5.02 Å². The molecule has 1 aliphatic rings. The molecular weight excluding hydrogens is 276 g/mol. The van der Waals surface area contributed by atoms with E-state index in [1.807, 2.05) is 24.0 Å². The minimum Gasteiger partial charge on any atom is -0.480 e. The highest BCUT2D eigenvalue weighted by atomic mass is 35.5. The van der Waals surface area contributed by atoms with Crippen LogP contribution in [0.5, 0.6) is 0 Å². The molecule has 1 aromatic carbocycles. The van der Waals surface area contributed by atoms with Crippen molar-refractivity contribution in [2.24, 2.45) is 0 Å². The molecule has 0 aromatic heterocycles. The number of benzene rings is 1. The van der Waals surface area contributed by atoms with Crippen molar-refractivity contribution in [2.45, 2.75) is 26.4 Å². The van der Waals surface area contributed by atoms with Crippen LogP contribution in [-0.2, 0) is 11.3 Å². The fourth-order valence-electron chi connectivity index (χ4n) is 2.46. The van der Waals surface area contributed by atoms with Gasteiger partial charge in [0.2, 0.25) is 0 Å².